The summed E-state index contributed by atoms with van der Waals surface area (Å²) in [5.41, 5.74) is 0.448. The molecule has 1 fully saturated rings. The van der Waals surface area contributed by atoms with Crippen molar-refractivity contribution in [2.45, 2.75) is 19.4 Å². The first-order chi connectivity index (χ1) is 15.1. The smallest absolute Gasteiger partial charge is 0.258 e. The molecule has 3 aromatic heterocycles. The minimum Gasteiger partial charge on any atom is -0.355 e. The molecule has 0 saturated carbocycles. The summed E-state index contributed by atoms with van der Waals surface area (Å²) < 4.78 is 0. The second-order valence-electron chi connectivity index (χ2n) is 7.85. The highest BCUT2D eigenvalue weighted by Crippen LogP contribution is 2.30. The molecule has 1 aliphatic rings. The van der Waals surface area contributed by atoms with E-state index < -0.39 is 0 Å². The van der Waals surface area contributed by atoms with E-state index in [4.69, 9.17) is 0 Å². The van der Waals surface area contributed by atoms with Crippen molar-refractivity contribution < 1.29 is 4.79 Å². The number of H-pyrrole nitrogens is 1. The van der Waals surface area contributed by atoms with Crippen molar-refractivity contribution in [1.29, 1.82) is 0 Å². The van der Waals surface area contributed by atoms with Gasteiger partial charge < -0.3 is 14.8 Å². The summed E-state index contributed by atoms with van der Waals surface area (Å²) in [5, 5.41) is 3.60. The Morgan fingerprint density at radius 1 is 1.26 bits per heavy atom. The Morgan fingerprint density at radius 2 is 2.13 bits per heavy atom. The zero-order valence-electron chi connectivity index (χ0n) is 17.1. The molecule has 0 spiro atoms. The molecule has 5 rings (SSSR count). The van der Waals surface area contributed by atoms with E-state index in [9.17, 15) is 9.59 Å². The molecule has 4 heterocycles. The van der Waals surface area contributed by atoms with Crippen molar-refractivity contribution in [2.24, 2.45) is 5.92 Å². The number of rotatable bonds is 4. The third kappa shape index (κ3) is 3.76. The average Bonchev–Trinajstić information content (AvgIpc) is 3.28. The van der Waals surface area contributed by atoms with Gasteiger partial charge in [-0.2, -0.15) is 0 Å². The lowest BCUT2D eigenvalue weighted by Gasteiger charge is -2.34. The van der Waals surface area contributed by atoms with Crippen LogP contribution in [0.5, 0.6) is 0 Å². The number of para-hydroxylation sites is 1. The summed E-state index contributed by atoms with van der Waals surface area (Å²) in [6, 6.07) is 9.25. The molecular formula is C22H22N6O2S. The van der Waals surface area contributed by atoms with Gasteiger partial charge in [-0.05, 0) is 36.4 Å². The van der Waals surface area contributed by atoms with Gasteiger partial charge in [0.25, 0.3) is 5.56 Å². The maximum atomic E-state index is 13.2. The van der Waals surface area contributed by atoms with Crippen LogP contribution in [0, 0.1) is 5.92 Å². The van der Waals surface area contributed by atoms with Crippen LogP contribution >= 0.6 is 11.3 Å². The number of anilines is 1. The SMILES string of the molecule is CN(Cc1nc2ccccc2c(=O)[nH]1)C(=O)C1CCCN(c2ncnc3sccc23)C1. The van der Waals surface area contributed by atoms with Crippen LogP contribution in [0.1, 0.15) is 18.7 Å². The number of carbonyl (C=O) groups is 1. The summed E-state index contributed by atoms with van der Waals surface area (Å²) >= 11 is 1.59. The molecule has 31 heavy (non-hydrogen) atoms. The fourth-order valence-electron chi connectivity index (χ4n) is 4.22. The van der Waals surface area contributed by atoms with Crippen LogP contribution in [0.2, 0.25) is 0 Å². The number of nitrogens with zero attached hydrogens (tertiary/aromatic N) is 5. The quantitative estimate of drug-likeness (QED) is 0.531. The van der Waals surface area contributed by atoms with Crippen molar-refractivity contribution in [2.75, 3.05) is 25.0 Å². The lowest BCUT2D eigenvalue weighted by molar-refractivity contribution is -0.135. The van der Waals surface area contributed by atoms with E-state index in [0.29, 0.717) is 23.3 Å². The molecule has 1 amide bonds. The molecule has 1 aliphatic heterocycles. The van der Waals surface area contributed by atoms with Gasteiger partial charge >= 0.3 is 0 Å². The number of aromatic amines is 1. The minimum absolute atomic E-state index is 0.0520. The number of piperidine rings is 1. The molecule has 1 atom stereocenters. The lowest BCUT2D eigenvalue weighted by atomic mass is 9.96. The van der Waals surface area contributed by atoms with Gasteiger partial charge in [0.05, 0.1) is 28.8 Å². The summed E-state index contributed by atoms with van der Waals surface area (Å²) in [4.78, 5) is 46.5. The fraction of sp³-hybridized carbons (Fsp3) is 0.318. The van der Waals surface area contributed by atoms with Gasteiger partial charge in [-0.25, -0.2) is 15.0 Å². The Balaban J connectivity index is 1.32. The Labute approximate surface area is 182 Å². The van der Waals surface area contributed by atoms with Crippen molar-refractivity contribution in [1.82, 2.24) is 24.8 Å². The number of hydrogen-bond acceptors (Lipinski definition) is 7. The molecular weight excluding hydrogens is 412 g/mol. The van der Waals surface area contributed by atoms with Crippen molar-refractivity contribution in [3.63, 3.8) is 0 Å². The molecule has 4 aromatic rings. The Morgan fingerprint density at radius 3 is 3.03 bits per heavy atom. The predicted molar refractivity (Wildman–Crippen MR) is 121 cm³/mol. The Hall–Kier alpha value is -3.33. The van der Waals surface area contributed by atoms with E-state index in [-0.39, 0.29) is 23.9 Å². The predicted octanol–water partition coefficient (Wildman–Crippen LogP) is 2.80. The molecule has 0 bridgehead atoms. The number of benzene rings is 1. The second-order valence-corrected chi connectivity index (χ2v) is 8.74. The number of amides is 1. The lowest BCUT2D eigenvalue weighted by Crippen LogP contribution is -2.44. The molecule has 1 aromatic carbocycles. The maximum Gasteiger partial charge on any atom is 0.258 e. The molecule has 0 aliphatic carbocycles. The third-order valence-electron chi connectivity index (χ3n) is 5.74. The monoisotopic (exact) mass is 434 g/mol. The molecule has 1 N–H and O–H groups in total. The average molecular weight is 435 g/mol. The zero-order chi connectivity index (χ0) is 21.4. The first kappa shape index (κ1) is 19.6. The summed E-state index contributed by atoms with van der Waals surface area (Å²) in [5.74, 6) is 1.31. The first-order valence-corrected chi connectivity index (χ1v) is 11.1. The molecule has 1 saturated heterocycles. The summed E-state index contributed by atoms with van der Waals surface area (Å²) in [6.07, 6.45) is 3.34. The van der Waals surface area contributed by atoms with Gasteiger partial charge in [-0.15, -0.1) is 11.3 Å². The van der Waals surface area contributed by atoms with E-state index in [1.165, 1.54) is 0 Å². The van der Waals surface area contributed by atoms with Gasteiger partial charge in [-0.1, -0.05) is 12.1 Å². The number of hydrogen-bond donors (Lipinski definition) is 1. The van der Waals surface area contributed by atoms with Crippen LogP contribution in [0.3, 0.4) is 0 Å². The molecule has 158 valence electrons. The van der Waals surface area contributed by atoms with E-state index in [0.717, 1.165) is 35.4 Å². The van der Waals surface area contributed by atoms with Crippen molar-refractivity contribution >= 4 is 44.2 Å². The normalized spacial score (nSPS) is 16.7. The van der Waals surface area contributed by atoms with Crippen molar-refractivity contribution in [3.8, 4) is 0 Å². The third-order valence-corrected chi connectivity index (χ3v) is 6.56. The van der Waals surface area contributed by atoms with Crippen LogP contribution in [0.25, 0.3) is 21.1 Å². The van der Waals surface area contributed by atoms with Crippen LogP contribution in [-0.2, 0) is 11.3 Å². The topological polar surface area (TPSA) is 95.1 Å². The van der Waals surface area contributed by atoms with Gasteiger partial charge in [-0.3, -0.25) is 9.59 Å². The van der Waals surface area contributed by atoms with Gasteiger partial charge in [0.15, 0.2) is 0 Å². The highest BCUT2D eigenvalue weighted by Gasteiger charge is 2.29. The molecule has 0 radical (unpaired) electrons. The molecule has 1 unspecified atom stereocenters. The summed E-state index contributed by atoms with van der Waals surface area (Å²) in [7, 11) is 1.76. The van der Waals surface area contributed by atoms with E-state index in [1.807, 2.05) is 29.6 Å². The Kier molecular flexibility index (Phi) is 5.11. The first-order valence-electron chi connectivity index (χ1n) is 10.3. The van der Waals surface area contributed by atoms with Crippen LogP contribution in [0.4, 0.5) is 5.82 Å². The summed E-state index contributed by atoms with van der Waals surface area (Å²) in [6.45, 7) is 1.75. The Bertz CT molecular complexity index is 1320. The largest absolute Gasteiger partial charge is 0.355 e. The van der Waals surface area contributed by atoms with Gasteiger partial charge in [0, 0.05) is 20.1 Å². The number of aromatic nitrogens is 4. The zero-order valence-corrected chi connectivity index (χ0v) is 17.9. The van der Waals surface area contributed by atoms with Gasteiger partial charge in [0.1, 0.15) is 22.8 Å². The van der Waals surface area contributed by atoms with E-state index in [2.05, 4.69) is 24.8 Å². The number of fused-ring (bicyclic) bond motifs is 2. The molecule has 8 nitrogen and oxygen atoms in total. The highest BCUT2D eigenvalue weighted by molar-refractivity contribution is 7.16. The van der Waals surface area contributed by atoms with E-state index in [1.54, 1.807) is 35.7 Å². The molecule has 9 heteroatoms. The van der Waals surface area contributed by atoms with E-state index >= 15 is 0 Å². The van der Waals surface area contributed by atoms with Gasteiger partial charge in [0.2, 0.25) is 5.91 Å². The fourth-order valence-corrected chi connectivity index (χ4v) is 4.95. The number of thiophene rings is 1. The highest BCUT2D eigenvalue weighted by atomic mass is 32.1. The van der Waals surface area contributed by atoms with Crippen LogP contribution in [0.15, 0.2) is 46.8 Å². The number of nitrogens with one attached hydrogen (secondary N) is 1. The minimum atomic E-state index is -0.186. The maximum absolute atomic E-state index is 13.2. The van der Waals surface area contributed by atoms with Crippen LogP contribution in [-0.4, -0.2) is 50.9 Å². The van der Waals surface area contributed by atoms with Crippen molar-refractivity contribution in [3.05, 3.63) is 58.2 Å². The van der Waals surface area contributed by atoms with Crippen LogP contribution < -0.4 is 10.5 Å². The number of carbonyl (C=O) groups excluding carboxylic acids is 1. The second kappa shape index (κ2) is 8.07. The standard InChI is InChI=1S/C22H22N6O2S/c1-27(12-18-25-17-7-3-2-6-15(17)20(29)26-18)22(30)14-5-4-9-28(11-14)19-16-8-10-31-21(16)24-13-23-19/h2-3,6-8,10,13-14H,4-5,9,11-12H2,1H3,(H,25,26,29).